The van der Waals surface area contributed by atoms with Gasteiger partial charge in [-0.3, -0.25) is 9.48 Å². The number of halogens is 1. The first kappa shape index (κ1) is 16.8. The summed E-state index contributed by atoms with van der Waals surface area (Å²) in [6.45, 7) is 2.18. The maximum atomic E-state index is 2.20. The number of amidine groups is 1. The van der Waals surface area contributed by atoms with Crippen molar-refractivity contribution < 1.29 is 28.6 Å². The van der Waals surface area contributed by atoms with E-state index in [4.69, 9.17) is 0 Å². The van der Waals surface area contributed by atoms with Crippen LogP contribution < -0.4 is 24.0 Å². The molecule has 0 aliphatic carbocycles. The molecule has 0 aliphatic heterocycles. The van der Waals surface area contributed by atoms with E-state index < -0.39 is 0 Å². The third-order valence-electron chi connectivity index (χ3n) is 2.31. The zero-order chi connectivity index (χ0) is 12.1. The van der Waals surface area contributed by atoms with Crippen molar-refractivity contribution in [2.24, 2.45) is 0 Å². The van der Waals surface area contributed by atoms with Crippen LogP contribution in [-0.4, -0.2) is 42.8 Å². The molecule has 1 rings (SSSR count). The highest BCUT2D eigenvalue weighted by molar-refractivity contribution is 8.13. The van der Waals surface area contributed by atoms with E-state index in [1.807, 2.05) is 0 Å². The number of hydrogen-bond acceptors (Lipinski definition) is 1. The SMILES string of the molecule is CCc1ccc(SC(N(C)C)=[N+](C)C)cc1.[I-]. The first-order valence-electron chi connectivity index (χ1n) is 5.53. The average Bonchev–Trinajstić information content (AvgIpc) is 2.25. The van der Waals surface area contributed by atoms with E-state index in [1.165, 1.54) is 15.6 Å². The Morgan fingerprint density at radius 3 is 2.06 bits per heavy atom. The number of rotatable bonds is 2. The summed E-state index contributed by atoms with van der Waals surface area (Å²) in [5.74, 6) is 0. The lowest BCUT2D eigenvalue weighted by Crippen LogP contribution is -3.00. The molecule has 0 N–H and O–H groups in total. The van der Waals surface area contributed by atoms with Crippen molar-refractivity contribution in [3.8, 4) is 0 Å². The lowest BCUT2D eigenvalue weighted by Gasteiger charge is -2.10. The summed E-state index contributed by atoms with van der Waals surface area (Å²) in [6, 6.07) is 8.78. The van der Waals surface area contributed by atoms with Gasteiger partial charge in [-0.2, -0.15) is 0 Å². The van der Waals surface area contributed by atoms with Crippen LogP contribution in [0.25, 0.3) is 0 Å². The third-order valence-corrected chi connectivity index (χ3v) is 3.73. The van der Waals surface area contributed by atoms with Gasteiger partial charge in [0.1, 0.15) is 0 Å². The van der Waals surface area contributed by atoms with Crippen LogP contribution in [0, 0.1) is 0 Å². The van der Waals surface area contributed by atoms with E-state index in [0.717, 1.165) is 6.42 Å². The maximum Gasteiger partial charge on any atom is 0.312 e. The third kappa shape index (κ3) is 5.29. The maximum absolute atomic E-state index is 2.20. The lowest BCUT2D eigenvalue weighted by atomic mass is 10.2. The van der Waals surface area contributed by atoms with Gasteiger partial charge in [0.15, 0.2) is 0 Å². The Balaban J connectivity index is 0.00000256. The van der Waals surface area contributed by atoms with Crippen molar-refractivity contribution >= 4 is 16.9 Å². The molecule has 2 nitrogen and oxygen atoms in total. The summed E-state index contributed by atoms with van der Waals surface area (Å²) in [7, 11) is 8.29. The van der Waals surface area contributed by atoms with Crippen LogP contribution in [0.3, 0.4) is 0 Å². The van der Waals surface area contributed by atoms with Crippen molar-refractivity contribution in [1.82, 2.24) is 4.90 Å². The molecule has 0 aliphatic rings. The van der Waals surface area contributed by atoms with Crippen LogP contribution in [0.2, 0.25) is 0 Å². The second-order valence-electron chi connectivity index (χ2n) is 4.17. The zero-order valence-electron chi connectivity index (χ0n) is 11.2. The van der Waals surface area contributed by atoms with Gasteiger partial charge < -0.3 is 24.0 Å². The highest BCUT2D eigenvalue weighted by Gasteiger charge is 2.13. The van der Waals surface area contributed by atoms with Gasteiger partial charge in [0.25, 0.3) is 0 Å². The van der Waals surface area contributed by atoms with Gasteiger partial charge in [-0.1, -0.05) is 19.1 Å². The second-order valence-corrected chi connectivity index (χ2v) is 5.21. The minimum atomic E-state index is 0. The Morgan fingerprint density at radius 2 is 1.71 bits per heavy atom. The summed E-state index contributed by atoms with van der Waals surface area (Å²) < 4.78 is 2.14. The molecule has 0 bridgehead atoms. The first-order chi connectivity index (χ1) is 7.54. The zero-order valence-corrected chi connectivity index (χ0v) is 14.2. The molecule has 0 heterocycles. The van der Waals surface area contributed by atoms with Gasteiger partial charge in [0.05, 0.1) is 28.2 Å². The van der Waals surface area contributed by atoms with Crippen LogP contribution >= 0.6 is 11.8 Å². The Morgan fingerprint density at radius 1 is 1.18 bits per heavy atom. The highest BCUT2D eigenvalue weighted by atomic mass is 127. The molecule has 0 fully saturated rings. The molecule has 0 saturated carbocycles. The number of aryl methyl sites for hydroxylation is 1. The molecular formula is C13H21IN2S. The van der Waals surface area contributed by atoms with E-state index in [0.29, 0.717) is 0 Å². The monoisotopic (exact) mass is 364 g/mol. The van der Waals surface area contributed by atoms with Crippen LogP contribution in [0.5, 0.6) is 0 Å². The van der Waals surface area contributed by atoms with Crippen molar-refractivity contribution in [2.45, 2.75) is 18.2 Å². The van der Waals surface area contributed by atoms with Crippen molar-refractivity contribution in [2.75, 3.05) is 28.2 Å². The molecule has 0 saturated heterocycles. The van der Waals surface area contributed by atoms with E-state index in [-0.39, 0.29) is 24.0 Å². The molecule has 96 valence electrons. The number of hydrogen-bond donors (Lipinski definition) is 0. The smallest absolute Gasteiger partial charge is 0.312 e. The largest absolute Gasteiger partial charge is 1.00 e. The molecule has 1 aromatic rings. The minimum Gasteiger partial charge on any atom is -1.00 e. The molecule has 0 unspecified atom stereocenters. The quantitative estimate of drug-likeness (QED) is 0.230. The van der Waals surface area contributed by atoms with Gasteiger partial charge in [-0.25, -0.2) is 0 Å². The van der Waals surface area contributed by atoms with Gasteiger partial charge in [-0.05, 0) is 35.9 Å². The molecule has 17 heavy (non-hydrogen) atoms. The fourth-order valence-electron chi connectivity index (χ4n) is 1.48. The summed E-state index contributed by atoms with van der Waals surface area (Å²) in [5, 5.41) is 1.24. The van der Waals surface area contributed by atoms with Crippen molar-refractivity contribution in [3.05, 3.63) is 29.8 Å². The Bertz CT molecular complexity index is 368. The highest BCUT2D eigenvalue weighted by Crippen LogP contribution is 2.20. The molecule has 0 atom stereocenters. The van der Waals surface area contributed by atoms with Crippen LogP contribution in [-0.2, 0) is 6.42 Å². The molecule has 4 heteroatoms. The Hall–Kier alpha value is -0.230. The van der Waals surface area contributed by atoms with Crippen LogP contribution in [0.4, 0.5) is 0 Å². The summed E-state index contributed by atoms with van der Waals surface area (Å²) >= 11 is 1.79. The second kappa shape index (κ2) is 7.97. The molecule has 0 aromatic heterocycles. The molecular weight excluding hydrogens is 343 g/mol. The standard InChI is InChI=1S/C13H21N2S.HI/c1-6-11-7-9-12(10-8-11)16-13(14(2)3)15(4)5;/h7-10H,6H2,1-5H3;1H/q+1;/p-1. The van der Waals surface area contributed by atoms with Gasteiger partial charge in [0.2, 0.25) is 0 Å². The molecule has 0 spiro atoms. The molecule has 1 aromatic carbocycles. The van der Waals surface area contributed by atoms with Crippen LogP contribution in [0.1, 0.15) is 12.5 Å². The number of thioether (sulfide) groups is 1. The predicted octanol–water partition coefficient (Wildman–Crippen LogP) is -0.465. The lowest BCUT2D eigenvalue weighted by molar-refractivity contribution is -0.466. The van der Waals surface area contributed by atoms with E-state index in [2.05, 4.69) is 68.9 Å². The van der Waals surface area contributed by atoms with Crippen LogP contribution in [0.15, 0.2) is 29.2 Å². The van der Waals surface area contributed by atoms with Gasteiger partial charge in [0, 0.05) is 4.90 Å². The fourth-order valence-corrected chi connectivity index (χ4v) is 2.33. The van der Waals surface area contributed by atoms with E-state index >= 15 is 0 Å². The number of nitrogens with zero attached hydrogens (tertiary/aromatic N) is 2. The normalized spacial score (nSPS) is 9.47. The molecule has 0 radical (unpaired) electrons. The first-order valence-corrected chi connectivity index (χ1v) is 6.34. The van der Waals surface area contributed by atoms with Crippen molar-refractivity contribution in [1.29, 1.82) is 0 Å². The molecule has 0 amide bonds. The van der Waals surface area contributed by atoms with Gasteiger partial charge >= 0.3 is 5.17 Å². The Labute approximate surface area is 126 Å². The van der Waals surface area contributed by atoms with Gasteiger partial charge in [-0.15, -0.1) is 0 Å². The number of benzene rings is 1. The van der Waals surface area contributed by atoms with E-state index in [9.17, 15) is 0 Å². The van der Waals surface area contributed by atoms with E-state index in [1.54, 1.807) is 11.8 Å². The minimum absolute atomic E-state index is 0. The van der Waals surface area contributed by atoms with Crippen molar-refractivity contribution in [3.63, 3.8) is 0 Å². The topological polar surface area (TPSA) is 6.25 Å². The summed E-state index contributed by atoms with van der Waals surface area (Å²) in [6.07, 6.45) is 1.10. The predicted molar refractivity (Wildman–Crippen MR) is 72.5 cm³/mol. The summed E-state index contributed by atoms with van der Waals surface area (Å²) in [5.41, 5.74) is 1.39. The Kier molecular flexibility index (Phi) is 7.87. The summed E-state index contributed by atoms with van der Waals surface area (Å²) in [4.78, 5) is 3.42. The fraction of sp³-hybridized carbons (Fsp3) is 0.462. The average molecular weight is 364 g/mol.